The lowest BCUT2D eigenvalue weighted by Crippen LogP contribution is -2.38. The Kier molecular flexibility index (Phi) is 6.38. The summed E-state index contributed by atoms with van der Waals surface area (Å²) in [6, 6.07) is 6.29. The molecule has 2 heterocycles. The normalized spacial score (nSPS) is 16.6. The number of likely N-dealkylation sites (N-methyl/N-ethyl adjacent to an activating group) is 1. The third-order valence-electron chi connectivity index (χ3n) is 5.54. The zero-order valence-corrected chi connectivity index (χ0v) is 18.5. The molecule has 5 N–H and O–H groups in total. The highest BCUT2D eigenvalue weighted by atomic mass is 35.5. The molecule has 2 aromatic rings. The van der Waals surface area contributed by atoms with Crippen molar-refractivity contribution in [1.29, 1.82) is 5.41 Å². The van der Waals surface area contributed by atoms with Crippen LogP contribution in [0.15, 0.2) is 29.1 Å². The van der Waals surface area contributed by atoms with Crippen LogP contribution in [-0.2, 0) is 16.8 Å². The fraction of sp³-hybridized carbons (Fsp3) is 0.429. The molecule has 166 valence electrons. The van der Waals surface area contributed by atoms with E-state index in [4.69, 9.17) is 22.7 Å². The van der Waals surface area contributed by atoms with E-state index in [9.17, 15) is 14.7 Å². The van der Waals surface area contributed by atoms with Crippen molar-refractivity contribution in [1.82, 2.24) is 14.9 Å². The van der Waals surface area contributed by atoms with Crippen molar-refractivity contribution in [2.24, 2.45) is 5.73 Å². The molecular formula is C21H27ClN6O3. The minimum atomic E-state index is -0.726. The number of anilines is 1. The van der Waals surface area contributed by atoms with Crippen LogP contribution in [0.3, 0.4) is 0 Å². The van der Waals surface area contributed by atoms with Gasteiger partial charge in [-0.25, -0.2) is 4.98 Å². The van der Waals surface area contributed by atoms with E-state index in [1.165, 1.54) is 9.47 Å². The number of amides is 1. The van der Waals surface area contributed by atoms with Gasteiger partial charge in [0, 0.05) is 31.1 Å². The molecule has 1 atom stereocenters. The van der Waals surface area contributed by atoms with Crippen molar-refractivity contribution in [2.45, 2.75) is 38.3 Å². The standard InChI is InChI=1S/C21H27ClN6O3/c1-21(2)10-14(19(30)25-11-12-4-6-13(7-5-12)17(23)24)28-15(21)16(22)26-18(20(28)31)27(3)8-9-29/h4-7,14,29H,8-11H2,1-3H3,(H3,23,24)(H,25,30)/t14-/m0/s1. The number of amidine groups is 1. The quantitative estimate of drug-likeness (QED) is 0.372. The number of carbonyl (C=O) groups is 1. The molecule has 0 radical (unpaired) electrons. The van der Waals surface area contributed by atoms with Gasteiger partial charge in [-0.1, -0.05) is 49.7 Å². The first-order valence-corrected chi connectivity index (χ1v) is 10.3. The van der Waals surface area contributed by atoms with Gasteiger partial charge in [-0.05, 0) is 12.0 Å². The number of nitrogens with two attached hydrogens (primary N) is 1. The fourth-order valence-corrected chi connectivity index (χ4v) is 4.33. The molecule has 10 heteroatoms. The Bertz CT molecular complexity index is 1060. The largest absolute Gasteiger partial charge is 0.395 e. The molecule has 1 aliphatic heterocycles. The van der Waals surface area contributed by atoms with Crippen molar-refractivity contribution < 1.29 is 9.90 Å². The second kappa shape index (κ2) is 8.68. The van der Waals surface area contributed by atoms with Gasteiger partial charge in [0.15, 0.2) is 11.0 Å². The summed E-state index contributed by atoms with van der Waals surface area (Å²) in [5.74, 6) is -0.215. The monoisotopic (exact) mass is 446 g/mol. The van der Waals surface area contributed by atoms with E-state index >= 15 is 0 Å². The number of aromatic nitrogens is 2. The number of carbonyl (C=O) groups excluding carboxylic acids is 1. The summed E-state index contributed by atoms with van der Waals surface area (Å²) in [7, 11) is 1.64. The molecule has 1 amide bonds. The second-order valence-corrected chi connectivity index (χ2v) is 8.69. The Hall–Kier alpha value is -2.91. The highest BCUT2D eigenvalue weighted by Gasteiger charge is 2.44. The summed E-state index contributed by atoms with van der Waals surface area (Å²) in [5, 5.41) is 19.7. The molecule has 0 unspecified atom stereocenters. The maximum atomic E-state index is 13.2. The highest BCUT2D eigenvalue weighted by molar-refractivity contribution is 6.30. The predicted octanol–water partition coefficient (Wildman–Crippen LogP) is 1.15. The van der Waals surface area contributed by atoms with E-state index in [-0.39, 0.29) is 42.4 Å². The van der Waals surface area contributed by atoms with Crippen molar-refractivity contribution in [3.8, 4) is 0 Å². The van der Waals surface area contributed by atoms with Crippen molar-refractivity contribution in [2.75, 3.05) is 25.1 Å². The van der Waals surface area contributed by atoms with Gasteiger partial charge in [0.05, 0.1) is 12.3 Å². The Morgan fingerprint density at radius 1 is 1.42 bits per heavy atom. The molecule has 9 nitrogen and oxygen atoms in total. The number of hydrogen-bond donors (Lipinski definition) is 4. The Balaban J connectivity index is 1.89. The molecule has 1 aliphatic rings. The molecule has 0 saturated heterocycles. The predicted molar refractivity (Wildman–Crippen MR) is 120 cm³/mol. The maximum absolute atomic E-state index is 13.2. The summed E-state index contributed by atoms with van der Waals surface area (Å²) in [6.07, 6.45) is 0.409. The highest BCUT2D eigenvalue weighted by Crippen LogP contribution is 2.43. The topological polar surface area (TPSA) is 137 Å². The van der Waals surface area contributed by atoms with Crippen LogP contribution in [0.2, 0.25) is 5.15 Å². The Labute approximate surface area is 185 Å². The van der Waals surface area contributed by atoms with Gasteiger partial charge in [-0.3, -0.25) is 19.6 Å². The van der Waals surface area contributed by atoms with E-state index in [1.807, 2.05) is 13.8 Å². The molecule has 1 aromatic carbocycles. The number of rotatable bonds is 7. The van der Waals surface area contributed by atoms with Gasteiger partial charge in [-0.15, -0.1) is 0 Å². The number of hydrogen-bond acceptors (Lipinski definition) is 6. The van der Waals surface area contributed by atoms with Crippen LogP contribution < -0.4 is 21.5 Å². The van der Waals surface area contributed by atoms with E-state index < -0.39 is 17.0 Å². The molecule has 0 saturated carbocycles. The van der Waals surface area contributed by atoms with Crippen LogP contribution in [0.4, 0.5) is 5.82 Å². The lowest BCUT2D eigenvalue weighted by atomic mass is 9.87. The number of aliphatic hydroxyl groups is 1. The summed E-state index contributed by atoms with van der Waals surface area (Å²) in [4.78, 5) is 32.1. The number of nitrogen functional groups attached to an aromatic ring is 1. The van der Waals surface area contributed by atoms with E-state index in [1.54, 1.807) is 31.3 Å². The number of benzene rings is 1. The third-order valence-corrected chi connectivity index (χ3v) is 5.80. The SMILES string of the molecule is CN(CCO)c1nc(Cl)c2n(c1=O)[C@H](C(=O)NCc1ccc(C(=N)N)cc1)CC2(C)C. The van der Waals surface area contributed by atoms with Crippen LogP contribution in [0, 0.1) is 5.41 Å². The second-order valence-electron chi connectivity index (χ2n) is 8.33. The lowest BCUT2D eigenvalue weighted by Gasteiger charge is -2.22. The molecule has 3 rings (SSSR count). The van der Waals surface area contributed by atoms with Crippen LogP contribution in [0.5, 0.6) is 0 Å². The maximum Gasteiger partial charge on any atom is 0.294 e. The first-order valence-electron chi connectivity index (χ1n) is 9.92. The van der Waals surface area contributed by atoms with E-state index in [0.29, 0.717) is 17.7 Å². The first kappa shape index (κ1) is 22.8. The van der Waals surface area contributed by atoms with Crippen LogP contribution in [-0.4, -0.2) is 46.6 Å². The van der Waals surface area contributed by atoms with Gasteiger partial charge < -0.3 is 21.1 Å². The van der Waals surface area contributed by atoms with Crippen LogP contribution in [0.1, 0.15) is 43.1 Å². The van der Waals surface area contributed by atoms with Crippen LogP contribution in [0.25, 0.3) is 0 Å². The Morgan fingerprint density at radius 3 is 2.65 bits per heavy atom. The smallest absolute Gasteiger partial charge is 0.294 e. The minimum absolute atomic E-state index is 0.0211. The van der Waals surface area contributed by atoms with Crippen molar-refractivity contribution in [3.05, 3.63) is 56.6 Å². The number of fused-ring (bicyclic) bond motifs is 1. The first-order chi connectivity index (χ1) is 14.6. The molecule has 0 spiro atoms. The van der Waals surface area contributed by atoms with E-state index in [0.717, 1.165) is 5.56 Å². The van der Waals surface area contributed by atoms with E-state index in [2.05, 4.69) is 10.3 Å². The number of nitrogens with one attached hydrogen (secondary N) is 2. The van der Waals surface area contributed by atoms with Crippen molar-refractivity contribution >= 4 is 29.2 Å². The van der Waals surface area contributed by atoms with Crippen molar-refractivity contribution in [3.63, 3.8) is 0 Å². The Morgan fingerprint density at radius 2 is 2.06 bits per heavy atom. The summed E-state index contributed by atoms with van der Waals surface area (Å²) >= 11 is 6.44. The summed E-state index contributed by atoms with van der Waals surface area (Å²) < 4.78 is 1.44. The molecule has 0 bridgehead atoms. The van der Waals surface area contributed by atoms with Gasteiger partial charge in [0.25, 0.3) is 5.56 Å². The third kappa shape index (κ3) is 4.42. The van der Waals surface area contributed by atoms with Gasteiger partial charge in [0.2, 0.25) is 5.91 Å². The molecule has 0 aliphatic carbocycles. The summed E-state index contributed by atoms with van der Waals surface area (Å²) in [6.45, 7) is 4.20. The van der Waals surface area contributed by atoms with Crippen LogP contribution >= 0.6 is 11.6 Å². The molecule has 1 aromatic heterocycles. The minimum Gasteiger partial charge on any atom is -0.395 e. The number of nitrogens with zero attached hydrogens (tertiary/aromatic N) is 3. The van der Waals surface area contributed by atoms with Gasteiger partial charge in [0.1, 0.15) is 11.9 Å². The average molecular weight is 447 g/mol. The lowest BCUT2D eigenvalue weighted by molar-refractivity contribution is -0.124. The number of halogens is 1. The summed E-state index contributed by atoms with van der Waals surface area (Å²) in [5.41, 5.74) is 6.53. The zero-order valence-electron chi connectivity index (χ0n) is 17.8. The molecule has 0 fully saturated rings. The molecule has 31 heavy (non-hydrogen) atoms. The average Bonchev–Trinajstić information content (AvgIpc) is 3.01. The fourth-order valence-electron chi connectivity index (χ4n) is 3.90. The molecular weight excluding hydrogens is 420 g/mol. The zero-order chi connectivity index (χ0) is 22.9. The number of aliphatic hydroxyl groups excluding tert-OH is 1. The van der Waals surface area contributed by atoms with Gasteiger partial charge >= 0.3 is 0 Å². The van der Waals surface area contributed by atoms with Gasteiger partial charge in [-0.2, -0.15) is 0 Å².